The van der Waals surface area contributed by atoms with Gasteiger partial charge in [-0.3, -0.25) is 14.2 Å². The second-order valence-corrected chi connectivity index (χ2v) is 11.6. The van der Waals surface area contributed by atoms with Crippen LogP contribution in [-0.4, -0.2) is 22.7 Å². The van der Waals surface area contributed by atoms with E-state index in [0.717, 1.165) is 54.6 Å². The molecule has 0 aromatic heterocycles. The molecule has 4 rings (SSSR count). The molecule has 0 saturated carbocycles. The van der Waals surface area contributed by atoms with Gasteiger partial charge in [-0.2, -0.15) is 0 Å². The molecule has 1 amide bonds. The van der Waals surface area contributed by atoms with Gasteiger partial charge in [0.2, 0.25) is 0 Å². The van der Waals surface area contributed by atoms with Gasteiger partial charge in [0.1, 0.15) is 11.6 Å². The smallest absolute Gasteiger partial charge is 0.261 e. The van der Waals surface area contributed by atoms with Crippen molar-refractivity contribution in [3.05, 3.63) is 113 Å². The number of hydrogen-bond donors (Lipinski definition) is 3. The standard InChI is InChI=1S/C25H18ClF2N3O5S2/c26-23-3-1-2-4-24(23)29-25(32)16-13-19(30-37(33,34)21-9-5-17(27)6-10-21)15-20(14-16)31-38(35,36)22-11-7-18(28)8-12-22/h1-15,30-31H,(H,29,32). The SMILES string of the molecule is O=C(Nc1ccccc1Cl)c1cc(NS(=O)(=O)c2ccc(F)cc2)cc(NS(=O)(=O)c2ccc(F)cc2)c1. The zero-order valence-electron chi connectivity index (χ0n) is 19.2. The third-order valence-electron chi connectivity index (χ3n) is 5.07. The van der Waals surface area contributed by atoms with E-state index in [1.54, 1.807) is 24.3 Å². The minimum Gasteiger partial charge on any atom is -0.321 e. The summed E-state index contributed by atoms with van der Waals surface area (Å²) in [5.41, 5.74) is -0.193. The molecule has 8 nitrogen and oxygen atoms in total. The summed E-state index contributed by atoms with van der Waals surface area (Å²) in [4.78, 5) is 12.5. The highest BCUT2D eigenvalue weighted by Gasteiger charge is 2.20. The van der Waals surface area contributed by atoms with Gasteiger partial charge in [0.25, 0.3) is 26.0 Å². The third-order valence-corrected chi connectivity index (χ3v) is 8.19. The lowest BCUT2D eigenvalue weighted by Gasteiger charge is -2.14. The Morgan fingerprint density at radius 1 is 0.658 bits per heavy atom. The molecule has 0 aliphatic heterocycles. The maximum Gasteiger partial charge on any atom is 0.261 e. The van der Waals surface area contributed by atoms with Gasteiger partial charge in [-0.1, -0.05) is 23.7 Å². The third kappa shape index (κ3) is 6.46. The maximum atomic E-state index is 13.3. The molecular formula is C25H18ClF2N3O5S2. The molecule has 38 heavy (non-hydrogen) atoms. The Kier molecular flexibility index (Phi) is 7.67. The highest BCUT2D eigenvalue weighted by atomic mass is 35.5. The van der Waals surface area contributed by atoms with E-state index >= 15 is 0 Å². The fraction of sp³-hybridized carbons (Fsp3) is 0. The minimum absolute atomic E-state index is 0.124. The van der Waals surface area contributed by atoms with Crippen LogP contribution >= 0.6 is 11.6 Å². The molecular weight excluding hydrogens is 560 g/mol. The van der Waals surface area contributed by atoms with Gasteiger partial charge < -0.3 is 5.32 Å². The van der Waals surface area contributed by atoms with Gasteiger partial charge in [0.05, 0.1) is 31.9 Å². The van der Waals surface area contributed by atoms with Crippen LogP contribution in [0.5, 0.6) is 0 Å². The van der Waals surface area contributed by atoms with Crippen LogP contribution in [0.15, 0.2) is 101 Å². The van der Waals surface area contributed by atoms with Gasteiger partial charge in [-0.15, -0.1) is 0 Å². The predicted octanol–water partition coefficient (Wildman–Crippen LogP) is 5.47. The van der Waals surface area contributed by atoms with Crippen molar-refractivity contribution in [1.29, 1.82) is 0 Å². The topological polar surface area (TPSA) is 121 Å². The number of para-hydroxylation sites is 1. The van der Waals surface area contributed by atoms with Crippen molar-refractivity contribution in [1.82, 2.24) is 0 Å². The Labute approximate surface area is 222 Å². The molecule has 0 aliphatic rings. The summed E-state index contributed by atoms with van der Waals surface area (Å²) in [6.45, 7) is 0. The van der Waals surface area contributed by atoms with Crippen LogP contribution in [0.2, 0.25) is 5.02 Å². The first kappa shape index (κ1) is 27.0. The number of anilines is 3. The number of carbonyl (C=O) groups is 1. The summed E-state index contributed by atoms with van der Waals surface area (Å²) in [7, 11) is -8.49. The summed E-state index contributed by atoms with van der Waals surface area (Å²) in [5.74, 6) is -2.00. The van der Waals surface area contributed by atoms with Crippen molar-refractivity contribution >= 4 is 54.6 Å². The first-order valence-electron chi connectivity index (χ1n) is 10.7. The largest absolute Gasteiger partial charge is 0.321 e. The predicted molar refractivity (Wildman–Crippen MR) is 140 cm³/mol. The van der Waals surface area contributed by atoms with Gasteiger partial charge in [-0.25, -0.2) is 25.6 Å². The van der Waals surface area contributed by atoms with Gasteiger partial charge in [-0.05, 0) is 78.9 Å². The lowest BCUT2D eigenvalue weighted by atomic mass is 10.1. The van der Waals surface area contributed by atoms with E-state index < -0.39 is 37.6 Å². The van der Waals surface area contributed by atoms with E-state index in [1.807, 2.05) is 0 Å². The molecule has 0 fully saturated rings. The van der Waals surface area contributed by atoms with Crippen molar-refractivity contribution in [3.8, 4) is 0 Å². The van der Waals surface area contributed by atoms with Crippen molar-refractivity contribution in [2.24, 2.45) is 0 Å². The number of carbonyl (C=O) groups excluding carboxylic acids is 1. The number of nitrogens with one attached hydrogen (secondary N) is 3. The van der Waals surface area contributed by atoms with E-state index in [1.165, 1.54) is 12.1 Å². The Hall–Kier alpha value is -4.00. The van der Waals surface area contributed by atoms with E-state index in [9.17, 15) is 30.4 Å². The Balaban J connectivity index is 1.72. The molecule has 196 valence electrons. The highest BCUT2D eigenvalue weighted by Crippen LogP contribution is 2.27. The molecule has 0 heterocycles. The van der Waals surface area contributed by atoms with Crippen LogP contribution in [0.25, 0.3) is 0 Å². The normalized spacial score (nSPS) is 11.6. The molecule has 13 heteroatoms. The van der Waals surface area contributed by atoms with E-state index in [-0.39, 0.29) is 37.4 Å². The van der Waals surface area contributed by atoms with Crippen molar-refractivity contribution in [2.75, 3.05) is 14.8 Å². The fourth-order valence-electron chi connectivity index (χ4n) is 3.29. The lowest BCUT2D eigenvalue weighted by Crippen LogP contribution is -2.18. The van der Waals surface area contributed by atoms with Crippen LogP contribution in [0.3, 0.4) is 0 Å². The number of sulfonamides is 2. The summed E-state index contributed by atoms with van der Waals surface area (Å²) < 4.78 is 82.5. The average Bonchev–Trinajstić information content (AvgIpc) is 2.85. The van der Waals surface area contributed by atoms with E-state index in [4.69, 9.17) is 11.6 Å². The maximum absolute atomic E-state index is 13.3. The molecule has 0 saturated heterocycles. The molecule has 4 aromatic carbocycles. The highest BCUT2D eigenvalue weighted by molar-refractivity contribution is 7.93. The minimum atomic E-state index is -4.24. The molecule has 0 atom stereocenters. The van der Waals surface area contributed by atoms with E-state index in [2.05, 4.69) is 14.8 Å². The second kappa shape index (κ2) is 10.8. The second-order valence-electron chi connectivity index (χ2n) is 7.85. The quantitative estimate of drug-likeness (QED) is 0.256. The first-order chi connectivity index (χ1) is 17.9. The number of halogens is 3. The summed E-state index contributed by atoms with van der Waals surface area (Å²) in [6, 6.07) is 17.9. The lowest BCUT2D eigenvalue weighted by molar-refractivity contribution is 0.102. The van der Waals surface area contributed by atoms with Crippen LogP contribution in [0, 0.1) is 11.6 Å². The Morgan fingerprint density at radius 3 is 1.55 bits per heavy atom. The van der Waals surface area contributed by atoms with Crippen molar-refractivity contribution in [2.45, 2.75) is 9.79 Å². The zero-order valence-corrected chi connectivity index (χ0v) is 21.5. The van der Waals surface area contributed by atoms with Gasteiger partial charge >= 0.3 is 0 Å². The number of amides is 1. The van der Waals surface area contributed by atoms with Gasteiger partial charge in [0.15, 0.2) is 0 Å². The van der Waals surface area contributed by atoms with E-state index in [0.29, 0.717) is 0 Å². The summed E-state index contributed by atoms with van der Waals surface area (Å²) in [5, 5.41) is 2.82. The van der Waals surface area contributed by atoms with Crippen LogP contribution < -0.4 is 14.8 Å². The molecule has 4 aromatic rings. The zero-order chi connectivity index (χ0) is 27.5. The summed E-state index contributed by atoms with van der Waals surface area (Å²) in [6.07, 6.45) is 0. The Bertz CT molecular complexity index is 1620. The number of benzene rings is 4. The fourth-order valence-corrected chi connectivity index (χ4v) is 5.55. The summed E-state index contributed by atoms with van der Waals surface area (Å²) >= 11 is 6.10. The first-order valence-corrected chi connectivity index (χ1v) is 14.1. The van der Waals surface area contributed by atoms with Crippen LogP contribution in [0.1, 0.15) is 10.4 Å². The molecule has 3 N–H and O–H groups in total. The van der Waals surface area contributed by atoms with Gasteiger partial charge in [0, 0.05) is 5.56 Å². The molecule has 0 spiro atoms. The molecule has 0 bridgehead atoms. The molecule has 0 radical (unpaired) electrons. The molecule has 0 unspecified atom stereocenters. The number of hydrogen-bond acceptors (Lipinski definition) is 5. The van der Waals surface area contributed by atoms with Crippen LogP contribution in [-0.2, 0) is 20.0 Å². The number of rotatable bonds is 8. The monoisotopic (exact) mass is 577 g/mol. The average molecular weight is 578 g/mol. The molecule has 0 aliphatic carbocycles. The van der Waals surface area contributed by atoms with Crippen molar-refractivity contribution < 1.29 is 30.4 Å². The van der Waals surface area contributed by atoms with Crippen LogP contribution in [0.4, 0.5) is 25.8 Å². The Morgan fingerprint density at radius 2 is 1.11 bits per heavy atom. The van der Waals surface area contributed by atoms with Crippen molar-refractivity contribution in [3.63, 3.8) is 0 Å².